The molecule has 1 N–H and O–H groups in total. The molecule has 0 atom stereocenters. The van der Waals surface area contributed by atoms with Crippen molar-refractivity contribution in [3.63, 3.8) is 0 Å². The van der Waals surface area contributed by atoms with Crippen molar-refractivity contribution in [3.05, 3.63) is 0 Å². The molecule has 102 valence electrons. The summed E-state index contributed by atoms with van der Waals surface area (Å²) in [6, 6.07) is 0. The van der Waals surface area contributed by atoms with E-state index >= 15 is 0 Å². The summed E-state index contributed by atoms with van der Waals surface area (Å²) in [7, 11) is -4.46. The quantitative estimate of drug-likeness (QED) is 0.778. The van der Waals surface area contributed by atoms with E-state index < -0.39 is 21.4 Å². The van der Waals surface area contributed by atoms with Gasteiger partial charge in [-0.15, -0.1) is 0 Å². The van der Waals surface area contributed by atoms with Gasteiger partial charge in [0.25, 0.3) is 10.0 Å². The van der Waals surface area contributed by atoms with Crippen molar-refractivity contribution < 1.29 is 22.3 Å². The lowest BCUT2D eigenvalue weighted by atomic mass is 10.1. The molecule has 0 saturated carbocycles. The minimum atomic E-state index is -4.46. The highest BCUT2D eigenvalue weighted by Crippen LogP contribution is 2.15. The van der Waals surface area contributed by atoms with E-state index in [4.69, 9.17) is 0 Å². The van der Waals surface area contributed by atoms with Crippen LogP contribution in [0.4, 0.5) is 8.78 Å². The fourth-order valence-electron chi connectivity index (χ4n) is 1.80. The Kier molecular flexibility index (Phi) is 4.45. The third-order valence-electron chi connectivity index (χ3n) is 2.53. The molecule has 0 aromatic rings. The highest BCUT2D eigenvalue weighted by atomic mass is 32.2. The van der Waals surface area contributed by atoms with Crippen molar-refractivity contribution in [2.45, 2.75) is 25.2 Å². The molecule has 0 aliphatic carbocycles. The molecule has 1 heterocycles. The van der Waals surface area contributed by atoms with Crippen LogP contribution >= 0.6 is 0 Å². The van der Waals surface area contributed by atoms with Crippen molar-refractivity contribution in [2.24, 2.45) is 0 Å². The van der Waals surface area contributed by atoms with E-state index in [1.807, 2.05) is 4.90 Å². The standard InChI is InChI=1S/C9H18F2N2O3S/c1-9(2,14)7-12-3-5-13(6-4-12)17(15,16)8(10)11/h8,14H,3-7H2,1-2H3. The van der Waals surface area contributed by atoms with Crippen LogP contribution in [0.5, 0.6) is 0 Å². The van der Waals surface area contributed by atoms with Crippen LogP contribution in [0.15, 0.2) is 0 Å². The van der Waals surface area contributed by atoms with E-state index in [1.165, 1.54) is 0 Å². The summed E-state index contributed by atoms with van der Waals surface area (Å²) in [5, 5.41) is 9.59. The zero-order valence-corrected chi connectivity index (χ0v) is 10.8. The summed E-state index contributed by atoms with van der Waals surface area (Å²) in [5.41, 5.74) is -0.871. The van der Waals surface area contributed by atoms with Crippen molar-refractivity contribution >= 4 is 10.0 Å². The number of β-amino-alcohol motifs (C(OH)–C–C–N with tert-alkyl or cyclic N) is 1. The first-order valence-corrected chi connectivity index (χ1v) is 6.85. The van der Waals surface area contributed by atoms with Crippen LogP contribution in [-0.2, 0) is 10.0 Å². The van der Waals surface area contributed by atoms with Gasteiger partial charge in [0, 0.05) is 32.7 Å². The largest absolute Gasteiger partial charge is 0.389 e. The fraction of sp³-hybridized carbons (Fsp3) is 1.00. The third-order valence-corrected chi connectivity index (χ3v) is 4.06. The minimum absolute atomic E-state index is 0.0444. The van der Waals surface area contributed by atoms with Crippen LogP contribution in [0.2, 0.25) is 0 Å². The van der Waals surface area contributed by atoms with Crippen molar-refractivity contribution in [2.75, 3.05) is 32.7 Å². The predicted octanol–water partition coefficient (Wildman–Crippen LogP) is -0.0727. The van der Waals surface area contributed by atoms with Crippen LogP contribution < -0.4 is 0 Å². The molecule has 1 fully saturated rings. The maximum Gasteiger partial charge on any atom is 0.350 e. The van der Waals surface area contributed by atoms with Gasteiger partial charge < -0.3 is 5.11 Å². The highest BCUT2D eigenvalue weighted by molar-refractivity contribution is 7.89. The van der Waals surface area contributed by atoms with E-state index in [1.54, 1.807) is 13.8 Å². The van der Waals surface area contributed by atoms with Crippen LogP contribution in [0.1, 0.15) is 13.8 Å². The van der Waals surface area contributed by atoms with Gasteiger partial charge in [-0.25, -0.2) is 8.42 Å². The number of alkyl halides is 2. The Balaban J connectivity index is 2.52. The summed E-state index contributed by atoms with van der Waals surface area (Å²) in [6.45, 7) is 4.50. The number of hydrogen-bond acceptors (Lipinski definition) is 4. The number of halogens is 2. The molecule has 0 aromatic carbocycles. The maximum atomic E-state index is 12.3. The summed E-state index contributed by atoms with van der Waals surface area (Å²) >= 11 is 0. The van der Waals surface area contributed by atoms with E-state index in [2.05, 4.69) is 0 Å². The van der Waals surface area contributed by atoms with E-state index in [9.17, 15) is 22.3 Å². The van der Waals surface area contributed by atoms with Crippen LogP contribution in [0.3, 0.4) is 0 Å². The van der Waals surface area contributed by atoms with Crippen LogP contribution in [0, 0.1) is 0 Å². The molecule has 1 rings (SSSR count). The lowest BCUT2D eigenvalue weighted by molar-refractivity contribution is 0.0257. The number of hydrogen-bond donors (Lipinski definition) is 1. The van der Waals surface area contributed by atoms with Crippen LogP contribution in [0.25, 0.3) is 0 Å². The van der Waals surface area contributed by atoms with Gasteiger partial charge in [-0.05, 0) is 13.8 Å². The molecule has 0 amide bonds. The molecule has 17 heavy (non-hydrogen) atoms. The first-order chi connectivity index (χ1) is 7.63. The highest BCUT2D eigenvalue weighted by Gasteiger charge is 2.34. The normalized spacial score (nSPS) is 21.1. The van der Waals surface area contributed by atoms with Gasteiger partial charge in [0.15, 0.2) is 0 Å². The van der Waals surface area contributed by atoms with Crippen molar-refractivity contribution in [1.29, 1.82) is 0 Å². The molecule has 0 bridgehead atoms. The van der Waals surface area contributed by atoms with Crippen molar-refractivity contribution in [3.8, 4) is 0 Å². The Labute approximate surface area is 100 Å². The number of piperazine rings is 1. The number of rotatable bonds is 4. The molecular formula is C9H18F2N2O3S. The Bertz CT molecular complexity index is 346. The average molecular weight is 272 g/mol. The number of nitrogens with zero attached hydrogens (tertiary/aromatic N) is 2. The van der Waals surface area contributed by atoms with Gasteiger partial charge in [-0.2, -0.15) is 13.1 Å². The smallest absolute Gasteiger partial charge is 0.350 e. The average Bonchev–Trinajstić information content (AvgIpc) is 2.15. The Morgan fingerprint density at radius 1 is 1.24 bits per heavy atom. The van der Waals surface area contributed by atoms with Crippen molar-refractivity contribution in [1.82, 2.24) is 9.21 Å². The first kappa shape index (κ1) is 14.7. The van der Waals surface area contributed by atoms with E-state index in [-0.39, 0.29) is 13.1 Å². The van der Waals surface area contributed by atoms with Gasteiger partial charge in [-0.1, -0.05) is 0 Å². The maximum absolute atomic E-state index is 12.3. The van der Waals surface area contributed by atoms with Gasteiger partial charge in [0.05, 0.1) is 5.60 Å². The second kappa shape index (κ2) is 5.13. The van der Waals surface area contributed by atoms with Crippen LogP contribution in [-0.4, -0.2) is 66.8 Å². The zero-order valence-electron chi connectivity index (χ0n) is 9.94. The van der Waals surface area contributed by atoms with Gasteiger partial charge >= 0.3 is 5.76 Å². The molecule has 0 aromatic heterocycles. The second-order valence-electron chi connectivity index (χ2n) is 4.79. The van der Waals surface area contributed by atoms with E-state index in [0.717, 1.165) is 4.31 Å². The summed E-state index contributed by atoms with van der Waals surface area (Å²) < 4.78 is 47.7. The molecule has 0 unspecified atom stereocenters. The lowest BCUT2D eigenvalue weighted by Gasteiger charge is -2.36. The van der Waals surface area contributed by atoms with E-state index in [0.29, 0.717) is 19.6 Å². The van der Waals surface area contributed by atoms with Gasteiger partial charge in [0.1, 0.15) is 0 Å². The molecule has 1 aliphatic heterocycles. The monoisotopic (exact) mass is 272 g/mol. The van der Waals surface area contributed by atoms with Gasteiger partial charge in [0.2, 0.25) is 0 Å². The summed E-state index contributed by atoms with van der Waals surface area (Å²) in [4.78, 5) is 1.86. The topological polar surface area (TPSA) is 60.9 Å². The lowest BCUT2D eigenvalue weighted by Crippen LogP contribution is -2.52. The Hall–Kier alpha value is -0.310. The molecule has 0 radical (unpaired) electrons. The Morgan fingerprint density at radius 2 is 1.71 bits per heavy atom. The molecule has 0 spiro atoms. The molecule has 8 heteroatoms. The Morgan fingerprint density at radius 3 is 2.06 bits per heavy atom. The predicted molar refractivity (Wildman–Crippen MR) is 59.2 cm³/mol. The summed E-state index contributed by atoms with van der Waals surface area (Å²) in [6.07, 6.45) is 0. The second-order valence-corrected chi connectivity index (χ2v) is 6.70. The molecule has 5 nitrogen and oxygen atoms in total. The third kappa shape index (κ3) is 4.13. The number of sulfonamides is 1. The summed E-state index contributed by atoms with van der Waals surface area (Å²) in [5.74, 6) is -3.36. The van der Waals surface area contributed by atoms with Gasteiger partial charge in [-0.3, -0.25) is 4.90 Å². The number of aliphatic hydroxyl groups is 1. The molecule has 1 aliphatic rings. The fourth-order valence-corrected chi connectivity index (χ4v) is 2.70. The molecular weight excluding hydrogens is 254 g/mol. The molecule has 1 saturated heterocycles. The zero-order chi connectivity index (χ0) is 13.3. The SMILES string of the molecule is CC(C)(O)CN1CCN(S(=O)(=O)C(F)F)CC1. The minimum Gasteiger partial charge on any atom is -0.389 e. The first-order valence-electron chi connectivity index (χ1n) is 5.35.